The SMILES string of the molecule is O[C@H]1C[C@@H](c2ccccc2Cl)Oc2ccccc21. The molecular weight excluding hydrogens is 248 g/mol. The predicted octanol–water partition coefficient (Wildman–Crippen LogP) is 3.90. The second kappa shape index (κ2) is 4.63. The Labute approximate surface area is 111 Å². The largest absolute Gasteiger partial charge is 0.485 e. The Morgan fingerprint density at radius 2 is 1.67 bits per heavy atom. The molecule has 3 heteroatoms. The van der Waals surface area contributed by atoms with Gasteiger partial charge in [-0.2, -0.15) is 0 Å². The Morgan fingerprint density at radius 1 is 1.00 bits per heavy atom. The topological polar surface area (TPSA) is 29.5 Å². The van der Waals surface area contributed by atoms with Gasteiger partial charge in [0.05, 0.1) is 6.10 Å². The first-order valence-corrected chi connectivity index (χ1v) is 6.31. The first-order valence-electron chi connectivity index (χ1n) is 5.94. The lowest BCUT2D eigenvalue weighted by molar-refractivity contribution is 0.0658. The first-order chi connectivity index (χ1) is 8.75. The van der Waals surface area contributed by atoms with Crippen LogP contribution in [0.3, 0.4) is 0 Å². The molecule has 1 heterocycles. The van der Waals surface area contributed by atoms with E-state index in [0.29, 0.717) is 11.4 Å². The van der Waals surface area contributed by atoms with Crippen LogP contribution in [0, 0.1) is 0 Å². The van der Waals surface area contributed by atoms with E-state index in [1.165, 1.54) is 0 Å². The zero-order valence-corrected chi connectivity index (χ0v) is 10.5. The summed E-state index contributed by atoms with van der Waals surface area (Å²) in [6, 6.07) is 15.2. The highest BCUT2D eigenvalue weighted by Crippen LogP contribution is 2.41. The molecule has 0 aromatic heterocycles. The van der Waals surface area contributed by atoms with Gasteiger partial charge in [-0.05, 0) is 12.1 Å². The minimum atomic E-state index is -0.503. The fraction of sp³-hybridized carbons (Fsp3) is 0.200. The number of benzene rings is 2. The first kappa shape index (κ1) is 11.6. The van der Waals surface area contributed by atoms with Crippen molar-refractivity contribution in [2.24, 2.45) is 0 Å². The van der Waals surface area contributed by atoms with Gasteiger partial charge in [0.1, 0.15) is 11.9 Å². The fourth-order valence-electron chi connectivity index (χ4n) is 2.32. The van der Waals surface area contributed by atoms with E-state index in [-0.39, 0.29) is 6.10 Å². The Bertz CT molecular complexity index is 568. The summed E-state index contributed by atoms with van der Waals surface area (Å²) in [7, 11) is 0. The van der Waals surface area contributed by atoms with Crippen molar-refractivity contribution in [3.05, 3.63) is 64.7 Å². The Balaban J connectivity index is 1.97. The van der Waals surface area contributed by atoms with Crippen LogP contribution in [0.5, 0.6) is 5.75 Å². The van der Waals surface area contributed by atoms with E-state index in [1.54, 1.807) is 0 Å². The maximum atomic E-state index is 10.2. The van der Waals surface area contributed by atoms with Gasteiger partial charge >= 0.3 is 0 Å². The Kier molecular flexibility index (Phi) is 2.98. The number of ether oxygens (including phenoxy) is 1. The Morgan fingerprint density at radius 3 is 2.44 bits per heavy atom. The molecule has 2 atom stereocenters. The summed E-state index contributed by atoms with van der Waals surface area (Å²) in [4.78, 5) is 0. The van der Waals surface area contributed by atoms with Crippen LogP contribution >= 0.6 is 11.6 Å². The molecule has 0 aliphatic carbocycles. The predicted molar refractivity (Wildman–Crippen MR) is 70.8 cm³/mol. The van der Waals surface area contributed by atoms with Gasteiger partial charge in [0.2, 0.25) is 0 Å². The van der Waals surface area contributed by atoms with E-state index in [0.717, 1.165) is 16.9 Å². The molecule has 1 aliphatic rings. The molecule has 1 N–H and O–H groups in total. The van der Waals surface area contributed by atoms with Crippen LogP contribution in [0.2, 0.25) is 5.02 Å². The molecule has 0 fully saturated rings. The van der Waals surface area contributed by atoms with Crippen molar-refractivity contribution in [1.29, 1.82) is 0 Å². The highest BCUT2D eigenvalue weighted by atomic mass is 35.5. The van der Waals surface area contributed by atoms with Gasteiger partial charge in [-0.15, -0.1) is 0 Å². The van der Waals surface area contributed by atoms with Crippen molar-refractivity contribution in [1.82, 2.24) is 0 Å². The lowest BCUT2D eigenvalue weighted by Crippen LogP contribution is -2.19. The molecule has 0 radical (unpaired) electrons. The Hall–Kier alpha value is -1.51. The fourth-order valence-corrected chi connectivity index (χ4v) is 2.58. The van der Waals surface area contributed by atoms with Crippen molar-refractivity contribution >= 4 is 11.6 Å². The van der Waals surface area contributed by atoms with E-state index < -0.39 is 6.10 Å². The summed E-state index contributed by atoms with van der Waals surface area (Å²) >= 11 is 6.17. The molecule has 0 saturated carbocycles. The number of aliphatic hydroxyl groups is 1. The van der Waals surface area contributed by atoms with Crippen LogP contribution in [-0.2, 0) is 0 Å². The van der Waals surface area contributed by atoms with E-state index in [4.69, 9.17) is 16.3 Å². The second-order valence-corrected chi connectivity index (χ2v) is 4.82. The molecule has 2 aromatic carbocycles. The molecule has 0 spiro atoms. The highest BCUT2D eigenvalue weighted by Gasteiger charge is 2.28. The molecule has 2 aromatic rings. The van der Waals surface area contributed by atoms with Gasteiger partial charge < -0.3 is 9.84 Å². The maximum absolute atomic E-state index is 10.2. The standard InChI is InChI=1S/C15H13ClO2/c16-12-7-3-1-5-10(12)15-9-13(17)11-6-2-4-8-14(11)18-15/h1-8,13,15,17H,9H2/t13-,15-/m0/s1. The van der Waals surface area contributed by atoms with Crippen molar-refractivity contribution < 1.29 is 9.84 Å². The quantitative estimate of drug-likeness (QED) is 0.843. The average Bonchev–Trinajstić information content (AvgIpc) is 2.39. The van der Waals surface area contributed by atoms with Crippen molar-refractivity contribution in [2.75, 3.05) is 0 Å². The van der Waals surface area contributed by atoms with E-state index in [9.17, 15) is 5.11 Å². The minimum Gasteiger partial charge on any atom is -0.485 e. The average molecular weight is 261 g/mol. The van der Waals surface area contributed by atoms with Gasteiger partial charge in [-0.3, -0.25) is 0 Å². The molecule has 1 aliphatic heterocycles. The van der Waals surface area contributed by atoms with Crippen LogP contribution in [0.25, 0.3) is 0 Å². The number of rotatable bonds is 1. The summed E-state index contributed by atoms with van der Waals surface area (Å²) in [5, 5.41) is 10.8. The monoisotopic (exact) mass is 260 g/mol. The molecule has 0 saturated heterocycles. The summed E-state index contributed by atoms with van der Waals surface area (Å²) in [5.41, 5.74) is 1.77. The smallest absolute Gasteiger partial charge is 0.128 e. The zero-order valence-electron chi connectivity index (χ0n) is 9.71. The number of para-hydroxylation sites is 1. The van der Waals surface area contributed by atoms with Gasteiger partial charge in [0.15, 0.2) is 0 Å². The maximum Gasteiger partial charge on any atom is 0.128 e. The highest BCUT2D eigenvalue weighted by molar-refractivity contribution is 6.31. The zero-order chi connectivity index (χ0) is 12.5. The molecule has 18 heavy (non-hydrogen) atoms. The second-order valence-electron chi connectivity index (χ2n) is 4.42. The van der Waals surface area contributed by atoms with E-state index in [2.05, 4.69) is 0 Å². The number of halogens is 1. The number of hydrogen-bond donors (Lipinski definition) is 1. The minimum absolute atomic E-state index is 0.191. The third kappa shape index (κ3) is 1.98. The van der Waals surface area contributed by atoms with Gasteiger partial charge in [0, 0.05) is 22.6 Å². The molecule has 2 nitrogen and oxygen atoms in total. The molecular formula is C15H13ClO2. The van der Waals surface area contributed by atoms with Crippen molar-refractivity contribution in [3.63, 3.8) is 0 Å². The third-order valence-electron chi connectivity index (χ3n) is 3.24. The summed E-state index contributed by atoms with van der Waals surface area (Å²) in [6.45, 7) is 0. The van der Waals surface area contributed by atoms with Crippen LogP contribution in [-0.4, -0.2) is 5.11 Å². The summed E-state index contributed by atoms with van der Waals surface area (Å²) in [6.07, 6.45) is -0.166. The van der Waals surface area contributed by atoms with Gasteiger partial charge in [0.25, 0.3) is 0 Å². The molecule has 3 rings (SSSR count). The van der Waals surface area contributed by atoms with Crippen molar-refractivity contribution in [3.8, 4) is 5.75 Å². The lowest BCUT2D eigenvalue weighted by atomic mass is 9.95. The van der Waals surface area contributed by atoms with E-state index in [1.807, 2.05) is 48.5 Å². The number of fused-ring (bicyclic) bond motifs is 1. The third-order valence-corrected chi connectivity index (χ3v) is 3.58. The van der Waals surface area contributed by atoms with Crippen LogP contribution < -0.4 is 4.74 Å². The number of aliphatic hydroxyl groups excluding tert-OH is 1. The van der Waals surface area contributed by atoms with E-state index >= 15 is 0 Å². The van der Waals surface area contributed by atoms with Crippen LogP contribution in [0.1, 0.15) is 29.8 Å². The van der Waals surface area contributed by atoms with Crippen LogP contribution in [0.15, 0.2) is 48.5 Å². The lowest BCUT2D eigenvalue weighted by Gasteiger charge is -2.30. The van der Waals surface area contributed by atoms with Crippen molar-refractivity contribution in [2.45, 2.75) is 18.6 Å². The molecule has 0 bridgehead atoms. The summed E-state index contributed by atoms with van der Waals surface area (Å²) in [5.74, 6) is 0.737. The number of hydrogen-bond acceptors (Lipinski definition) is 2. The summed E-state index contributed by atoms with van der Waals surface area (Å²) < 4.78 is 5.92. The molecule has 0 unspecified atom stereocenters. The van der Waals surface area contributed by atoms with Gasteiger partial charge in [-0.25, -0.2) is 0 Å². The molecule has 0 amide bonds. The molecule has 92 valence electrons. The normalized spacial score (nSPS) is 22.1. The van der Waals surface area contributed by atoms with Gasteiger partial charge in [-0.1, -0.05) is 48.0 Å². The van der Waals surface area contributed by atoms with Crippen LogP contribution in [0.4, 0.5) is 0 Å².